The van der Waals surface area contributed by atoms with E-state index in [9.17, 15) is 10.1 Å². The fourth-order valence-corrected chi connectivity index (χ4v) is 4.50. The lowest BCUT2D eigenvalue weighted by Gasteiger charge is -2.15. The Morgan fingerprint density at radius 1 is 1.00 bits per heavy atom. The van der Waals surface area contributed by atoms with Crippen molar-refractivity contribution in [2.75, 3.05) is 11.9 Å². The van der Waals surface area contributed by atoms with Gasteiger partial charge in [0.15, 0.2) is 11.5 Å². The van der Waals surface area contributed by atoms with E-state index in [1.54, 1.807) is 18.2 Å². The molecule has 37 heavy (non-hydrogen) atoms. The van der Waals surface area contributed by atoms with Gasteiger partial charge in [-0.25, -0.2) is 0 Å². The molecule has 0 saturated heterocycles. The van der Waals surface area contributed by atoms with Gasteiger partial charge in [0.2, 0.25) is 0 Å². The van der Waals surface area contributed by atoms with Crippen molar-refractivity contribution in [1.29, 1.82) is 5.26 Å². The van der Waals surface area contributed by atoms with Gasteiger partial charge in [0.1, 0.15) is 18.2 Å². The van der Waals surface area contributed by atoms with Crippen LogP contribution < -0.4 is 14.8 Å². The number of benzene rings is 4. The van der Waals surface area contributed by atoms with Crippen molar-refractivity contribution in [3.8, 4) is 17.6 Å². The van der Waals surface area contributed by atoms with Crippen molar-refractivity contribution < 1.29 is 14.3 Å². The number of ether oxygens (including phenoxy) is 2. The summed E-state index contributed by atoms with van der Waals surface area (Å²) in [5, 5.41) is 14.8. The Labute approximate surface area is 225 Å². The summed E-state index contributed by atoms with van der Waals surface area (Å²) in [6.07, 6.45) is 1.54. The van der Waals surface area contributed by atoms with Gasteiger partial charge in [-0.15, -0.1) is 0 Å². The molecule has 186 valence electrons. The Kier molecular flexibility index (Phi) is 8.27. The zero-order valence-corrected chi connectivity index (χ0v) is 22.6. The van der Waals surface area contributed by atoms with Crippen LogP contribution in [0.5, 0.6) is 11.5 Å². The Morgan fingerprint density at radius 3 is 2.51 bits per heavy atom. The maximum atomic E-state index is 12.9. The number of amides is 1. The molecule has 6 heteroatoms. The van der Waals surface area contributed by atoms with Gasteiger partial charge in [0, 0.05) is 10.2 Å². The lowest BCUT2D eigenvalue weighted by atomic mass is 10.1. The quantitative estimate of drug-likeness (QED) is 0.178. The number of halogens is 1. The van der Waals surface area contributed by atoms with Crippen LogP contribution in [0, 0.1) is 25.2 Å². The first-order valence-electron chi connectivity index (χ1n) is 12.0. The summed E-state index contributed by atoms with van der Waals surface area (Å²) in [5.74, 6) is 0.622. The minimum absolute atomic E-state index is 0.0208. The summed E-state index contributed by atoms with van der Waals surface area (Å²) in [4.78, 5) is 12.9. The number of nitrogens with zero attached hydrogens (tertiary/aromatic N) is 1. The molecule has 0 aliphatic heterocycles. The van der Waals surface area contributed by atoms with E-state index >= 15 is 0 Å². The molecule has 1 amide bonds. The van der Waals surface area contributed by atoms with Crippen LogP contribution in [-0.2, 0) is 11.4 Å². The number of anilines is 1. The lowest BCUT2D eigenvalue weighted by Crippen LogP contribution is -2.14. The van der Waals surface area contributed by atoms with E-state index in [4.69, 9.17) is 9.47 Å². The Bertz CT molecular complexity index is 1530. The van der Waals surface area contributed by atoms with Gasteiger partial charge in [0.05, 0.1) is 6.61 Å². The van der Waals surface area contributed by atoms with E-state index in [1.165, 1.54) is 0 Å². The molecule has 5 nitrogen and oxygen atoms in total. The van der Waals surface area contributed by atoms with Crippen molar-refractivity contribution in [1.82, 2.24) is 0 Å². The minimum Gasteiger partial charge on any atom is -0.490 e. The van der Waals surface area contributed by atoms with Gasteiger partial charge in [-0.3, -0.25) is 4.79 Å². The van der Waals surface area contributed by atoms with Gasteiger partial charge in [-0.1, -0.05) is 76.1 Å². The monoisotopic (exact) mass is 554 g/mol. The summed E-state index contributed by atoms with van der Waals surface area (Å²) in [6.45, 7) is 6.60. The van der Waals surface area contributed by atoms with E-state index in [-0.39, 0.29) is 5.57 Å². The molecule has 4 rings (SSSR count). The Morgan fingerprint density at radius 2 is 1.76 bits per heavy atom. The molecule has 0 fully saturated rings. The zero-order valence-electron chi connectivity index (χ0n) is 21.0. The summed E-state index contributed by atoms with van der Waals surface area (Å²) in [7, 11) is 0. The van der Waals surface area contributed by atoms with Gasteiger partial charge < -0.3 is 14.8 Å². The van der Waals surface area contributed by atoms with Gasteiger partial charge in [-0.2, -0.15) is 5.26 Å². The number of aryl methyl sites for hydroxylation is 2. The molecule has 0 radical (unpaired) electrons. The zero-order chi connectivity index (χ0) is 26.4. The van der Waals surface area contributed by atoms with Crippen LogP contribution in [0.25, 0.3) is 16.8 Å². The van der Waals surface area contributed by atoms with Crippen LogP contribution in [0.1, 0.15) is 29.2 Å². The van der Waals surface area contributed by atoms with E-state index in [0.717, 1.165) is 27.5 Å². The standard InChI is InChI=1S/C31H27BrN2O3/c1-4-36-29-16-24(15-25(18-33)31(35)34-28-13-12-20(2)14-21(28)3)27(32)17-30(29)37-19-23-10-7-9-22-8-5-6-11-26(22)23/h5-17H,4,19H2,1-3H3,(H,34,35)/b25-15+. The largest absolute Gasteiger partial charge is 0.490 e. The molecule has 0 atom stereocenters. The first-order valence-corrected chi connectivity index (χ1v) is 12.7. The van der Waals surface area contributed by atoms with E-state index in [1.807, 2.05) is 69.3 Å². The molecule has 4 aromatic carbocycles. The molecule has 1 N–H and O–H groups in total. The average molecular weight is 555 g/mol. The summed E-state index contributed by atoms with van der Waals surface area (Å²) >= 11 is 3.57. The summed E-state index contributed by atoms with van der Waals surface area (Å²) in [5.41, 5.74) is 4.37. The highest BCUT2D eigenvalue weighted by Gasteiger charge is 2.15. The van der Waals surface area contributed by atoms with Gasteiger partial charge >= 0.3 is 0 Å². The predicted molar refractivity (Wildman–Crippen MR) is 152 cm³/mol. The number of rotatable bonds is 8. The highest BCUT2D eigenvalue weighted by molar-refractivity contribution is 9.10. The first kappa shape index (κ1) is 26.0. The van der Waals surface area contributed by atoms with Crippen LogP contribution in [0.4, 0.5) is 5.69 Å². The second kappa shape index (κ2) is 11.8. The second-order valence-electron chi connectivity index (χ2n) is 8.62. The van der Waals surface area contributed by atoms with Crippen LogP contribution in [0.2, 0.25) is 0 Å². The molecule has 0 aromatic heterocycles. The highest BCUT2D eigenvalue weighted by atomic mass is 79.9. The molecular formula is C31H27BrN2O3. The normalized spacial score (nSPS) is 11.2. The molecule has 4 aromatic rings. The third kappa shape index (κ3) is 6.19. The molecule has 0 saturated carbocycles. The number of fused-ring (bicyclic) bond motifs is 1. The third-order valence-electron chi connectivity index (χ3n) is 5.92. The minimum atomic E-state index is -0.476. The topological polar surface area (TPSA) is 71.3 Å². The van der Waals surface area contributed by atoms with Crippen molar-refractivity contribution in [2.24, 2.45) is 0 Å². The van der Waals surface area contributed by atoms with Crippen molar-refractivity contribution in [2.45, 2.75) is 27.4 Å². The smallest absolute Gasteiger partial charge is 0.266 e. The van der Waals surface area contributed by atoms with Crippen molar-refractivity contribution >= 4 is 44.4 Å². The lowest BCUT2D eigenvalue weighted by molar-refractivity contribution is -0.112. The number of carbonyl (C=O) groups is 1. The van der Waals surface area contributed by atoms with Crippen molar-refractivity contribution in [3.63, 3.8) is 0 Å². The van der Waals surface area contributed by atoms with Crippen molar-refractivity contribution in [3.05, 3.63) is 105 Å². The van der Waals surface area contributed by atoms with Crippen LogP contribution >= 0.6 is 15.9 Å². The third-order valence-corrected chi connectivity index (χ3v) is 6.61. The van der Waals surface area contributed by atoms with Crippen LogP contribution in [-0.4, -0.2) is 12.5 Å². The number of carbonyl (C=O) groups excluding carboxylic acids is 1. The SMILES string of the molecule is CCOc1cc(/C=C(\C#N)C(=O)Nc2ccc(C)cc2C)c(Br)cc1OCc1cccc2ccccc12. The van der Waals surface area contributed by atoms with Crippen LogP contribution in [0.3, 0.4) is 0 Å². The number of nitriles is 1. The summed E-state index contributed by atoms with van der Waals surface area (Å²) < 4.78 is 12.7. The van der Waals surface area contributed by atoms with E-state index in [2.05, 4.69) is 39.4 Å². The highest BCUT2D eigenvalue weighted by Crippen LogP contribution is 2.36. The Balaban J connectivity index is 1.60. The molecular weight excluding hydrogens is 528 g/mol. The average Bonchev–Trinajstić information content (AvgIpc) is 2.89. The summed E-state index contributed by atoms with van der Waals surface area (Å²) in [6, 6.07) is 25.6. The number of hydrogen-bond donors (Lipinski definition) is 1. The van der Waals surface area contributed by atoms with Gasteiger partial charge in [0.25, 0.3) is 5.91 Å². The molecule has 0 aliphatic carbocycles. The number of nitrogens with one attached hydrogen (secondary N) is 1. The van der Waals surface area contributed by atoms with Gasteiger partial charge in [-0.05, 0) is 72.5 Å². The Hall–Kier alpha value is -4.08. The first-order chi connectivity index (χ1) is 17.9. The van der Waals surface area contributed by atoms with E-state index < -0.39 is 5.91 Å². The maximum Gasteiger partial charge on any atom is 0.266 e. The second-order valence-corrected chi connectivity index (χ2v) is 9.48. The molecule has 0 unspecified atom stereocenters. The molecule has 0 heterocycles. The maximum absolute atomic E-state index is 12.9. The molecule has 0 aliphatic rings. The fraction of sp³-hybridized carbons (Fsp3) is 0.161. The fourth-order valence-electron chi connectivity index (χ4n) is 4.06. The van der Waals surface area contributed by atoms with Crippen LogP contribution in [0.15, 0.2) is 82.8 Å². The predicted octanol–water partition coefficient (Wildman–Crippen LogP) is 7.74. The molecule has 0 spiro atoms. The number of hydrogen-bond acceptors (Lipinski definition) is 4. The van der Waals surface area contributed by atoms with E-state index in [0.29, 0.717) is 40.4 Å². The molecule has 0 bridgehead atoms.